The third-order valence-corrected chi connectivity index (χ3v) is 8.84. The van der Waals surface area contributed by atoms with Crippen LogP contribution in [0.5, 0.6) is 5.75 Å². The van der Waals surface area contributed by atoms with Gasteiger partial charge in [-0.1, -0.05) is 67.7 Å². The van der Waals surface area contributed by atoms with Gasteiger partial charge in [-0.25, -0.2) is 4.79 Å². The molecule has 11 nitrogen and oxygen atoms in total. The number of carbonyl (C=O) groups excluding carboxylic acids is 5. The second-order valence-corrected chi connectivity index (χ2v) is 12.5. The Balaban J connectivity index is 0.00000162. The summed E-state index contributed by atoms with van der Waals surface area (Å²) < 4.78 is 11.1. The molecule has 2 aromatic carbocycles. The fourth-order valence-corrected chi connectivity index (χ4v) is 5.54. The summed E-state index contributed by atoms with van der Waals surface area (Å²) in [5.41, 5.74) is 1.94. The molecule has 0 aliphatic carbocycles. The second kappa shape index (κ2) is 27.4. The van der Waals surface area contributed by atoms with Crippen molar-refractivity contribution in [2.45, 2.75) is 112 Å². The number of rotatable bonds is 16. The summed E-state index contributed by atoms with van der Waals surface area (Å²) in [5.74, 6) is -0.827. The first kappa shape index (κ1) is 46.8. The number of ether oxygens (including phenoxy) is 2. The van der Waals surface area contributed by atoms with E-state index >= 15 is 0 Å². The van der Waals surface area contributed by atoms with Gasteiger partial charge in [-0.2, -0.15) is 0 Å². The van der Waals surface area contributed by atoms with E-state index in [4.69, 9.17) is 9.47 Å². The number of aldehydes is 1. The number of nitrogens with zero attached hydrogens (tertiary/aromatic N) is 3. The molecule has 2 heterocycles. The molecule has 0 bridgehead atoms. The molecular formula is C42H66N4O7. The monoisotopic (exact) mass is 738 g/mol. The predicted molar refractivity (Wildman–Crippen MR) is 213 cm³/mol. The number of esters is 1. The number of amides is 3. The van der Waals surface area contributed by atoms with Crippen LogP contribution >= 0.6 is 0 Å². The minimum absolute atomic E-state index is 0.170. The number of nitrogens with one attached hydrogen (secondary N) is 1. The van der Waals surface area contributed by atoms with E-state index in [1.807, 2.05) is 33.8 Å². The van der Waals surface area contributed by atoms with Crippen molar-refractivity contribution in [3.8, 4) is 5.75 Å². The maximum atomic E-state index is 13.1. The number of anilines is 1. The highest BCUT2D eigenvalue weighted by Gasteiger charge is 2.33. The Bertz CT molecular complexity index is 1370. The zero-order chi connectivity index (χ0) is 39.6. The number of hydrogen-bond donors (Lipinski definition) is 1. The lowest BCUT2D eigenvalue weighted by Crippen LogP contribution is -2.53. The summed E-state index contributed by atoms with van der Waals surface area (Å²) in [4.78, 5) is 66.7. The molecular weight excluding hydrogens is 672 g/mol. The molecule has 0 aromatic heterocycles. The van der Waals surface area contributed by atoms with Crippen molar-refractivity contribution in [1.82, 2.24) is 15.1 Å². The van der Waals surface area contributed by atoms with Crippen LogP contribution in [0.15, 0.2) is 42.5 Å². The zero-order valence-corrected chi connectivity index (χ0v) is 33.7. The Morgan fingerprint density at radius 3 is 2.09 bits per heavy atom. The first-order chi connectivity index (χ1) is 25.7. The highest BCUT2D eigenvalue weighted by molar-refractivity contribution is 6.06. The van der Waals surface area contributed by atoms with E-state index in [0.29, 0.717) is 25.1 Å². The van der Waals surface area contributed by atoms with E-state index in [-0.39, 0.29) is 35.8 Å². The summed E-state index contributed by atoms with van der Waals surface area (Å²) in [6, 6.07) is 11.6. The minimum Gasteiger partial charge on any atom is -0.494 e. The number of piperidine rings is 1. The second-order valence-electron chi connectivity index (χ2n) is 12.5. The van der Waals surface area contributed by atoms with Crippen LogP contribution in [0.2, 0.25) is 0 Å². The molecule has 2 aromatic rings. The third-order valence-electron chi connectivity index (χ3n) is 8.84. The van der Waals surface area contributed by atoms with Gasteiger partial charge in [0, 0.05) is 50.9 Å². The maximum absolute atomic E-state index is 13.1. The van der Waals surface area contributed by atoms with Crippen molar-refractivity contribution >= 4 is 35.7 Å². The number of hydrogen-bond acceptors (Lipinski definition) is 9. The van der Waals surface area contributed by atoms with Gasteiger partial charge in [0.15, 0.2) is 6.29 Å². The lowest BCUT2D eigenvalue weighted by Gasteiger charge is -2.36. The number of carbonyl (C=O) groups is 5. The predicted octanol–water partition coefficient (Wildman–Crippen LogP) is 7.56. The van der Waals surface area contributed by atoms with Gasteiger partial charge in [0.1, 0.15) is 11.8 Å². The quantitative estimate of drug-likeness (QED) is 0.0804. The highest BCUT2D eigenvalue weighted by Crippen LogP contribution is 2.23. The molecule has 1 atom stereocenters. The van der Waals surface area contributed by atoms with Gasteiger partial charge in [-0.15, -0.1) is 0 Å². The average molecular weight is 739 g/mol. The van der Waals surface area contributed by atoms with Crippen LogP contribution in [-0.4, -0.2) is 98.8 Å². The molecule has 2 aliphatic heterocycles. The van der Waals surface area contributed by atoms with Gasteiger partial charge in [-0.05, 0) is 81.1 Å². The van der Waals surface area contributed by atoms with Crippen LogP contribution < -0.4 is 15.0 Å². The largest absolute Gasteiger partial charge is 0.494 e. The van der Waals surface area contributed by atoms with Gasteiger partial charge in [0.25, 0.3) is 5.91 Å². The van der Waals surface area contributed by atoms with E-state index in [0.717, 1.165) is 76.3 Å². The maximum Gasteiger partial charge on any atom is 0.338 e. The molecule has 296 valence electrons. The topological polar surface area (TPSA) is 126 Å². The molecule has 2 aliphatic rings. The van der Waals surface area contributed by atoms with Gasteiger partial charge in [-0.3, -0.25) is 29.4 Å². The Hall–Kier alpha value is -4.25. The van der Waals surface area contributed by atoms with Gasteiger partial charge >= 0.3 is 5.97 Å². The molecule has 11 heteroatoms. The van der Waals surface area contributed by atoms with Crippen molar-refractivity contribution in [2.24, 2.45) is 0 Å². The van der Waals surface area contributed by atoms with Gasteiger partial charge < -0.3 is 19.3 Å². The normalized spacial score (nSPS) is 15.2. The van der Waals surface area contributed by atoms with E-state index in [2.05, 4.69) is 35.9 Å². The summed E-state index contributed by atoms with van der Waals surface area (Å²) in [5, 5.41) is 2.27. The summed E-state index contributed by atoms with van der Waals surface area (Å²) in [6.45, 7) is 19.9. The van der Waals surface area contributed by atoms with Gasteiger partial charge in [0.2, 0.25) is 11.8 Å². The lowest BCUT2D eigenvalue weighted by molar-refractivity contribution is -0.136. The average Bonchev–Trinajstić information content (AvgIpc) is 3.20. The smallest absolute Gasteiger partial charge is 0.338 e. The van der Waals surface area contributed by atoms with Crippen molar-refractivity contribution < 1.29 is 33.4 Å². The Kier molecular flexibility index (Phi) is 24.2. The van der Waals surface area contributed by atoms with Crippen LogP contribution in [0.25, 0.3) is 0 Å². The van der Waals surface area contributed by atoms with E-state index in [1.54, 1.807) is 36.4 Å². The third kappa shape index (κ3) is 16.1. The molecule has 1 unspecified atom stereocenters. The summed E-state index contributed by atoms with van der Waals surface area (Å²) in [7, 11) is 1.52. The Morgan fingerprint density at radius 2 is 1.51 bits per heavy atom. The Morgan fingerprint density at radius 1 is 0.849 bits per heavy atom. The first-order valence-corrected chi connectivity index (χ1v) is 19.8. The highest BCUT2D eigenvalue weighted by atomic mass is 16.5. The van der Waals surface area contributed by atoms with Gasteiger partial charge in [0.05, 0.1) is 24.3 Å². The van der Waals surface area contributed by atoms with Crippen molar-refractivity contribution in [3.05, 3.63) is 59.2 Å². The lowest BCUT2D eigenvalue weighted by atomic mass is 10.0. The van der Waals surface area contributed by atoms with E-state index in [9.17, 15) is 24.0 Å². The number of imide groups is 1. The first-order valence-electron chi connectivity index (χ1n) is 19.8. The fraction of sp³-hybridized carbons (Fsp3) is 0.595. The minimum atomic E-state index is -0.749. The zero-order valence-electron chi connectivity index (χ0n) is 33.7. The molecule has 0 radical (unpaired) electrons. The number of likely N-dealkylation sites (N-methyl/N-ethyl adjacent to an activating group) is 1. The van der Waals surface area contributed by atoms with Crippen LogP contribution in [-0.2, 0) is 14.3 Å². The SMILES string of the molecule is CC.CC.CCCC.CCCCOC(=O)c1ccc(OCCCCCN2CCN(c3ccc(C(=O)N(C)C4CCC(=O)NC4=O)c(C=O)c3)CC2)cc1. The number of benzene rings is 2. The standard InChI is InChI=1S/C34H44N4O7.C4H10.2C2H6/c1-3-4-21-45-34(43)25-8-11-28(12-9-25)44-22-7-5-6-16-37-17-19-38(20-18-37)27-10-13-29(26(23-27)24-39)33(42)36(2)30-14-15-31(40)35-32(30)41;1-3-4-2;2*1-2/h8-13,23-24,30H,3-7,14-22H2,1-2H3,(H,35,40,41);3-4H2,1-2H3;2*1-2H3. The summed E-state index contributed by atoms with van der Waals surface area (Å²) in [6.07, 6.45) is 8.65. The van der Waals surface area contributed by atoms with Crippen LogP contribution in [0, 0.1) is 0 Å². The number of unbranched alkanes of at least 4 members (excludes halogenated alkanes) is 4. The van der Waals surface area contributed by atoms with Crippen molar-refractivity contribution in [3.63, 3.8) is 0 Å². The van der Waals surface area contributed by atoms with Crippen LogP contribution in [0.1, 0.15) is 137 Å². The molecule has 0 saturated carbocycles. The van der Waals surface area contributed by atoms with E-state index in [1.165, 1.54) is 24.8 Å². The van der Waals surface area contributed by atoms with E-state index < -0.39 is 17.9 Å². The molecule has 2 fully saturated rings. The molecule has 4 rings (SSSR count). The van der Waals surface area contributed by atoms with Crippen molar-refractivity contribution in [2.75, 3.05) is 57.9 Å². The number of piperazine rings is 1. The fourth-order valence-electron chi connectivity index (χ4n) is 5.54. The molecule has 53 heavy (non-hydrogen) atoms. The van der Waals surface area contributed by atoms with Crippen molar-refractivity contribution in [1.29, 1.82) is 0 Å². The van der Waals surface area contributed by atoms with Crippen LogP contribution in [0.3, 0.4) is 0 Å². The molecule has 0 spiro atoms. The Labute approximate surface area is 318 Å². The molecule has 1 N–H and O–H groups in total. The summed E-state index contributed by atoms with van der Waals surface area (Å²) >= 11 is 0. The van der Waals surface area contributed by atoms with Crippen LogP contribution in [0.4, 0.5) is 5.69 Å². The molecule has 3 amide bonds. The molecule has 2 saturated heterocycles.